The van der Waals surface area contributed by atoms with E-state index in [9.17, 15) is 36.3 Å². The molecule has 1 unspecified atom stereocenters. The lowest BCUT2D eigenvalue weighted by atomic mass is 10.0. The highest BCUT2D eigenvalue weighted by Gasteiger charge is 2.38. The molecule has 244 valence electrons. The second-order valence-corrected chi connectivity index (χ2v) is 10.2. The molecular formula is C28H28F5N9O4. The lowest BCUT2D eigenvalue weighted by molar-refractivity contribution is -0.141. The molecule has 13 nitrogen and oxygen atoms in total. The average molecular weight is 650 g/mol. The summed E-state index contributed by atoms with van der Waals surface area (Å²) in [5.74, 6) is -0.935. The number of hydrogen-bond acceptors (Lipinski definition) is 9. The van der Waals surface area contributed by atoms with E-state index >= 15 is 0 Å². The van der Waals surface area contributed by atoms with Gasteiger partial charge >= 0.3 is 6.18 Å². The topological polar surface area (TPSA) is 157 Å². The average Bonchev–Trinajstić information content (AvgIpc) is 3.60. The van der Waals surface area contributed by atoms with Gasteiger partial charge in [-0.15, -0.1) is 0 Å². The number of imidazole rings is 1. The number of nitrogens with zero attached hydrogens (tertiary/aromatic N) is 5. The Kier molecular flexibility index (Phi) is 9.45. The molecule has 5 rings (SSSR count). The van der Waals surface area contributed by atoms with E-state index in [0.717, 1.165) is 25.4 Å². The minimum absolute atomic E-state index is 0.0196. The zero-order valence-electron chi connectivity index (χ0n) is 24.2. The highest BCUT2D eigenvalue weighted by molar-refractivity contribution is 5.99. The van der Waals surface area contributed by atoms with E-state index in [1.807, 2.05) is 0 Å². The predicted molar refractivity (Wildman–Crippen MR) is 153 cm³/mol. The second-order valence-electron chi connectivity index (χ2n) is 10.2. The standard InChI is InChI=1S/C28H28F5N9O4/c1-2-16-17(27(45)38-11-22(44)36-9-15-5-6-34-15)3-4-19(23(16)46-14-43)39-25-26-37-10-20(42(26)8-7-35-25)18-12-41(13-21(29)30)40-24(18)28(31,32)33/h3-4,7-8,10,12,14-15,21,34H,2,5-6,9,11,13H2,1H3,(H,35,39)(H,36,44)(H,38,45). The van der Waals surface area contributed by atoms with E-state index in [-0.39, 0.29) is 65.5 Å². The van der Waals surface area contributed by atoms with Crippen LogP contribution in [0.25, 0.3) is 16.9 Å². The molecule has 1 aliphatic rings. The lowest BCUT2D eigenvalue weighted by Gasteiger charge is -2.27. The Morgan fingerprint density at radius 2 is 2.00 bits per heavy atom. The molecule has 1 aliphatic heterocycles. The maximum absolute atomic E-state index is 13.8. The Morgan fingerprint density at radius 3 is 2.65 bits per heavy atom. The molecule has 4 N–H and O–H groups in total. The summed E-state index contributed by atoms with van der Waals surface area (Å²) in [6.07, 6.45) is -2.09. The Balaban J connectivity index is 1.42. The summed E-state index contributed by atoms with van der Waals surface area (Å²) in [5.41, 5.74) is -1.23. The maximum atomic E-state index is 13.8. The summed E-state index contributed by atoms with van der Waals surface area (Å²) in [5, 5.41) is 14.7. The number of nitrogens with one attached hydrogen (secondary N) is 4. The van der Waals surface area contributed by atoms with Crippen LogP contribution in [-0.4, -0.2) is 74.5 Å². The molecule has 1 saturated heterocycles. The van der Waals surface area contributed by atoms with Gasteiger partial charge < -0.3 is 26.0 Å². The molecule has 0 bridgehead atoms. The maximum Gasteiger partial charge on any atom is 0.435 e. The van der Waals surface area contributed by atoms with Crippen molar-refractivity contribution in [2.75, 3.05) is 25.0 Å². The first-order valence-electron chi connectivity index (χ1n) is 14.1. The van der Waals surface area contributed by atoms with Crippen LogP contribution in [0.2, 0.25) is 0 Å². The molecule has 0 saturated carbocycles. The molecule has 1 atom stereocenters. The molecule has 4 heterocycles. The van der Waals surface area contributed by atoms with E-state index in [2.05, 4.69) is 36.3 Å². The van der Waals surface area contributed by atoms with Gasteiger partial charge in [-0.05, 0) is 31.5 Å². The molecule has 1 aromatic carbocycles. The van der Waals surface area contributed by atoms with E-state index in [4.69, 9.17) is 4.74 Å². The first kappa shape index (κ1) is 32.3. The third kappa shape index (κ3) is 6.90. The summed E-state index contributed by atoms with van der Waals surface area (Å²) >= 11 is 0. The van der Waals surface area contributed by atoms with Crippen LogP contribution in [-0.2, 0) is 28.7 Å². The van der Waals surface area contributed by atoms with Crippen molar-refractivity contribution in [3.63, 3.8) is 0 Å². The highest BCUT2D eigenvalue weighted by Crippen LogP contribution is 2.38. The number of ether oxygens (including phenoxy) is 1. The van der Waals surface area contributed by atoms with E-state index in [1.54, 1.807) is 6.92 Å². The summed E-state index contributed by atoms with van der Waals surface area (Å²) in [6.45, 7) is 1.91. The number of carbonyl (C=O) groups excluding carboxylic acids is 3. The smallest absolute Gasteiger partial charge is 0.426 e. The van der Waals surface area contributed by atoms with Crippen molar-refractivity contribution in [2.24, 2.45) is 0 Å². The second kappa shape index (κ2) is 13.5. The van der Waals surface area contributed by atoms with Crippen LogP contribution in [0.4, 0.5) is 33.5 Å². The number of anilines is 2. The minimum Gasteiger partial charge on any atom is -0.426 e. The SMILES string of the molecule is CCc1c(C(=O)NCC(=O)NCC2CCN2)ccc(Nc2nccn3c(-c4cn(CC(F)F)nc4C(F)(F)F)cnc23)c1OC=O. The van der Waals surface area contributed by atoms with Crippen LogP contribution in [0.5, 0.6) is 5.75 Å². The van der Waals surface area contributed by atoms with Gasteiger partial charge in [-0.25, -0.2) is 18.7 Å². The van der Waals surface area contributed by atoms with Crippen molar-refractivity contribution in [2.45, 2.75) is 45.0 Å². The van der Waals surface area contributed by atoms with Crippen LogP contribution in [0.1, 0.15) is 35.0 Å². The summed E-state index contributed by atoms with van der Waals surface area (Å²) in [6, 6.07) is 3.09. The van der Waals surface area contributed by atoms with Gasteiger partial charge in [-0.3, -0.25) is 23.5 Å². The number of alkyl halides is 5. The third-order valence-corrected chi connectivity index (χ3v) is 7.22. The molecule has 46 heavy (non-hydrogen) atoms. The monoisotopic (exact) mass is 649 g/mol. The van der Waals surface area contributed by atoms with Crippen molar-refractivity contribution < 1.29 is 41.1 Å². The largest absolute Gasteiger partial charge is 0.435 e. The first-order chi connectivity index (χ1) is 22.0. The molecule has 3 aromatic heterocycles. The van der Waals surface area contributed by atoms with E-state index in [1.165, 1.54) is 28.9 Å². The molecule has 18 heteroatoms. The van der Waals surface area contributed by atoms with Gasteiger partial charge in [0.25, 0.3) is 18.8 Å². The molecule has 2 amide bonds. The fourth-order valence-electron chi connectivity index (χ4n) is 4.94. The molecule has 4 aromatic rings. The van der Waals surface area contributed by atoms with Crippen molar-refractivity contribution >= 4 is 35.4 Å². The van der Waals surface area contributed by atoms with Gasteiger partial charge in [-0.1, -0.05) is 6.92 Å². The molecule has 0 spiro atoms. The number of hydrogen-bond donors (Lipinski definition) is 4. The number of amides is 2. The molecular weight excluding hydrogens is 621 g/mol. The van der Waals surface area contributed by atoms with Crippen LogP contribution in [0.3, 0.4) is 0 Å². The van der Waals surface area contributed by atoms with Crippen LogP contribution in [0, 0.1) is 0 Å². The number of fused-ring (bicyclic) bond motifs is 1. The van der Waals surface area contributed by atoms with Crippen molar-refractivity contribution in [3.8, 4) is 17.0 Å². The van der Waals surface area contributed by atoms with Gasteiger partial charge in [0.1, 0.15) is 6.54 Å². The zero-order valence-corrected chi connectivity index (χ0v) is 24.2. The predicted octanol–water partition coefficient (Wildman–Crippen LogP) is 2.93. The summed E-state index contributed by atoms with van der Waals surface area (Å²) < 4.78 is 74.2. The van der Waals surface area contributed by atoms with Crippen LogP contribution >= 0.6 is 0 Å². The number of halogens is 5. The quantitative estimate of drug-likeness (QED) is 0.126. The normalized spacial score (nSPS) is 14.6. The lowest BCUT2D eigenvalue weighted by Crippen LogP contribution is -2.51. The Labute approximate surface area is 257 Å². The van der Waals surface area contributed by atoms with Crippen molar-refractivity contribution in [1.29, 1.82) is 0 Å². The van der Waals surface area contributed by atoms with Gasteiger partial charge in [0.05, 0.1) is 29.7 Å². The number of rotatable bonds is 13. The Bertz CT molecular complexity index is 1750. The van der Waals surface area contributed by atoms with E-state index < -0.39 is 36.3 Å². The van der Waals surface area contributed by atoms with Crippen LogP contribution < -0.4 is 26.0 Å². The molecule has 0 aliphatic carbocycles. The fourth-order valence-corrected chi connectivity index (χ4v) is 4.94. The number of carbonyl (C=O) groups is 3. The van der Waals surface area contributed by atoms with E-state index in [0.29, 0.717) is 16.8 Å². The fraction of sp³-hybridized carbons (Fsp3) is 0.357. The van der Waals surface area contributed by atoms with Crippen LogP contribution in [0.15, 0.2) is 36.9 Å². The van der Waals surface area contributed by atoms with Gasteiger partial charge in [0.2, 0.25) is 5.91 Å². The highest BCUT2D eigenvalue weighted by atomic mass is 19.4. The summed E-state index contributed by atoms with van der Waals surface area (Å²) in [7, 11) is 0. The number of benzene rings is 1. The third-order valence-electron chi connectivity index (χ3n) is 7.22. The minimum atomic E-state index is -4.94. The number of aromatic nitrogens is 5. The summed E-state index contributed by atoms with van der Waals surface area (Å²) in [4.78, 5) is 45.1. The molecule has 1 fully saturated rings. The Hall–Kier alpha value is -5.13. The van der Waals surface area contributed by atoms with Crippen molar-refractivity contribution in [1.82, 2.24) is 40.1 Å². The Morgan fingerprint density at radius 1 is 1.22 bits per heavy atom. The van der Waals surface area contributed by atoms with Crippen molar-refractivity contribution in [3.05, 3.63) is 53.7 Å². The zero-order chi connectivity index (χ0) is 33.0. The van der Waals surface area contributed by atoms with Gasteiger partial charge in [0.15, 0.2) is 22.9 Å². The first-order valence-corrected chi connectivity index (χ1v) is 14.1. The molecule has 0 radical (unpaired) electrons. The van der Waals surface area contributed by atoms with Gasteiger partial charge in [0, 0.05) is 42.3 Å². The van der Waals surface area contributed by atoms with Gasteiger partial charge in [-0.2, -0.15) is 18.3 Å².